The molecule has 1 fully saturated rings. The van der Waals surface area contributed by atoms with Gasteiger partial charge in [0, 0.05) is 19.1 Å². The zero-order valence-electron chi connectivity index (χ0n) is 11.5. The number of methoxy groups -OCH3 is 1. The summed E-state index contributed by atoms with van der Waals surface area (Å²) in [5.41, 5.74) is 0. The lowest BCUT2D eigenvalue weighted by molar-refractivity contribution is -0.127. The third-order valence-electron chi connectivity index (χ3n) is 3.53. The van der Waals surface area contributed by atoms with Crippen LogP contribution in [0.15, 0.2) is 22.8 Å². The molecule has 2 heterocycles. The summed E-state index contributed by atoms with van der Waals surface area (Å²) < 4.78 is 10.5. The van der Waals surface area contributed by atoms with Crippen molar-refractivity contribution in [2.75, 3.05) is 20.3 Å². The summed E-state index contributed by atoms with van der Waals surface area (Å²) >= 11 is 0. The molecule has 0 radical (unpaired) electrons. The highest BCUT2D eigenvalue weighted by molar-refractivity contribution is 5.79. The Morgan fingerprint density at radius 3 is 3.16 bits per heavy atom. The lowest BCUT2D eigenvalue weighted by Gasteiger charge is -2.28. The Kier molecular flexibility index (Phi) is 4.99. The smallest absolute Gasteiger partial charge is 0.223 e. The fourth-order valence-corrected chi connectivity index (χ4v) is 2.51. The number of piperidine rings is 1. The quantitative estimate of drug-likeness (QED) is 0.847. The second-order valence-corrected chi connectivity index (χ2v) is 5.11. The summed E-state index contributed by atoms with van der Waals surface area (Å²) in [6.45, 7) is 3.42. The minimum atomic E-state index is -0.210. The normalized spacial score (nSPS) is 24.9. The lowest BCUT2D eigenvalue weighted by atomic mass is 9.92. The molecule has 1 aromatic heterocycles. The van der Waals surface area contributed by atoms with Crippen molar-refractivity contribution in [3.05, 3.63) is 24.2 Å². The first-order valence-corrected chi connectivity index (χ1v) is 6.76. The van der Waals surface area contributed by atoms with E-state index in [2.05, 4.69) is 17.6 Å². The zero-order chi connectivity index (χ0) is 13.7. The lowest BCUT2D eigenvalue weighted by Crippen LogP contribution is -2.43. The van der Waals surface area contributed by atoms with Crippen molar-refractivity contribution in [2.24, 2.45) is 5.92 Å². The summed E-state index contributed by atoms with van der Waals surface area (Å²) in [7, 11) is 1.62. The van der Waals surface area contributed by atoms with Gasteiger partial charge in [0.1, 0.15) is 11.8 Å². The molecule has 0 bridgehead atoms. The summed E-state index contributed by atoms with van der Waals surface area (Å²) in [6.07, 6.45) is 3.37. The van der Waals surface area contributed by atoms with Gasteiger partial charge in [-0.3, -0.25) is 4.79 Å². The van der Waals surface area contributed by atoms with Gasteiger partial charge in [-0.2, -0.15) is 0 Å². The van der Waals surface area contributed by atoms with Crippen LogP contribution in [-0.2, 0) is 9.53 Å². The molecule has 1 saturated heterocycles. The highest BCUT2D eigenvalue weighted by atomic mass is 16.5. The van der Waals surface area contributed by atoms with E-state index in [0.29, 0.717) is 12.6 Å². The number of ether oxygens (including phenoxy) is 1. The third-order valence-corrected chi connectivity index (χ3v) is 3.53. The van der Waals surface area contributed by atoms with Crippen LogP contribution in [0, 0.1) is 5.92 Å². The molecule has 1 unspecified atom stereocenters. The minimum absolute atomic E-state index is 0.0746. The molecule has 3 atom stereocenters. The van der Waals surface area contributed by atoms with E-state index in [1.807, 2.05) is 12.1 Å². The molecule has 5 heteroatoms. The molecule has 1 amide bonds. The zero-order valence-corrected chi connectivity index (χ0v) is 11.5. The van der Waals surface area contributed by atoms with E-state index in [9.17, 15) is 4.79 Å². The first-order valence-electron chi connectivity index (χ1n) is 6.76. The van der Waals surface area contributed by atoms with Crippen molar-refractivity contribution in [3.63, 3.8) is 0 Å². The maximum atomic E-state index is 12.3. The fourth-order valence-electron chi connectivity index (χ4n) is 2.51. The Bertz CT molecular complexity index is 391. The van der Waals surface area contributed by atoms with Gasteiger partial charge in [-0.15, -0.1) is 0 Å². The number of hydrogen-bond acceptors (Lipinski definition) is 4. The standard InChI is InChI=1S/C14H22N2O3/c1-10-8-11(5-6-15-10)14(17)16-12(9-18-2)13-4-3-7-19-13/h3-4,7,10-12,15H,5-6,8-9H2,1-2H3,(H,16,17)/t10-,11-,12?/m0/s1. The van der Waals surface area contributed by atoms with Crippen LogP contribution in [0.1, 0.15) is 31.6 Å². The van der Waals surface area contributed by atoms with Gasteiger partial charge in [0.25, 0.3) is 0 Å². The molecule has 1 aliphatic heterocycles. The maximum Gasteiger partial charge on any atom is 0.223 e. The van der Waals surface area contributed by atoms with Gasteiger partial charge in [-0.1, -0.05) is 0 Å². The summed E-state index contributed by atoms with van der Waals surface area (Å²) in [5.74, 6) is 0.898. The number of hydrogen-bond donors (Lipinski definition) is 2. The first kappa shape index (κ1) is 14.1. The number of furan rings is 1. The van der Waals surface area contributed by atoms with Gasteiger partial charge in [-0.25, -0.2) is 0 Å². The van der Waals surface area contributed by atoms with Crippen molar-refractivity contribution >= 4 is 5.91 Å². The van der Waals surface area contributed by atoms with Gasteiger partial charge >= 0.3 is 0 Å². The molecule has 2 N–H and O–H groups in total. The van der Waals surface area contributed by atoms with Gasteiger partial charge in [0.05, 0.1) is 12.9 Å². The van der Waals surface area contributed by atoms with Crippen LogP contribution in [0.5, 0.6) is 0 Å². The van der Waals surface area contributed by atoms with Crippen LogP contribution in [-0.4, -0.2) is 32.2 Å². The van der Waals surface area contributed by atoms with Crippen molar-refractivity contribution in [1.29, 1.82) is 0 Å². The highest BCUT2D eigenvalue weighted by Crippen LogP contribution is 2.19. The summed E-state index contributed by atoms with van der Waals surface area (Å²) in [4.78, 5) is 12.3. The average molecular weight is 266 g/mol. The Morgan fingerprint density at radius 2 is 2.53 bits per heavy atom. The van der Waals surface area contributed by atoms with Crippen molar-refractivity contribution in [2.45, 2.75) is 31.8 Å². The maximum absolute atomic E-state index is 12.3. The molecule has 5 nitrogen and oxygen atoms in total. The Morgan fingerprint density at radius 1 is 1.68 bits per heavy atom. The number of carbonyl (C=O) groups is 1. The number of rotatable bonds is 5. The molecule has 0 saturated carbocycles. The largest absolute Gasteiger partial charge is 0.467 e. The number of carbonyl (C=O) groups excluding carboxylic acids is 1. The van der Waals surface area contributed by atoms with Crippen LogP contribution in [0.2, 0.25) is 0 Å². The molecular formula is C14H22N2O3. The van der Waals surface area contributed by atoms with Crippen LogP contribution in [0.4, 0.5) is 0 Å². The van der Waals surface area contributed by atoms with Crippen molar-refractivity contribution in [1.82, 2.24) is 10.6 Å². The SMILES string of the molecule is COCC(NC(=O)[C@H]1CCN[C@@H](C)C1)c1ccco1. The van der Waals surface area contributed by atoms with E-state index in [1.54, 1.807) is 13.4 Å². The summed E-state index contributed by atoms with van der Waals surface area (Å²) in [6, 6.07) is 3.86. The Labute approximate surface area is 113 Å². The van der Waals surface area contributed by atoms with E-state index in [1.165, 1.54) is 0 Å². The van der Waals surface area contributed by atoms with Gasteiger partial charge < -0.3 is 19.8 Å². The molecule has 106 valence electrons. The molecule has 1 aromatic rings. The second-order valence-electron chi connectivity index (χ2n) is 5.11. The van der Waals surface area contributed by atoms with E-state index in [0.717, 1.165) is 25.1 Å². The topological polar surface area (TPSA) is 63.5 Å². The molecule has 2 rings (SSSR count). The van der Waals surface area contributed by atoms with E-state index in [-0.39, 0.29) is 17.9 Å². The van der Waals surface area contributed by atoms with Gasteiger partial charge in [0.2, 0.25) is 5.91 Å². The summed E-state index contributed by atoms with van der Waals surface area (Å²) in [5, 5.41) is 6.37. The first-order chi connectivity index (χ1) is 9.20. The van der Waals surface area contributed by atoms with E-state index >= 15 is 0 Å². The Balaban J connectivity index is 1.95. The van der Waals surface area contributed by atoms with Crippen LogP contribution in [0.25, 0.3) is 0 Å². The van der Waals surface area contributed by atoms with Gasteiger partial charge in [-0.05, 0) is 38.4 Å². The van der Waals surface area contributed by atoms with Crippen LogP contribution < -0.4 is 10.6 Å². The average Bonchev–Trinajstić information content (AvgIpc) is 2.92. The third kappa shape index (κ3) is 3.81. The second kappa shape index (κ2) is 6.73. The van der Waals surface area contributed by atoms with E-state index < -0.39 is 0 Å². The monoisotopic (exact) mass is 266 g/mol. The van der Waals surface area contributed by atoms with Crippen LogP contribution >= 0.6 is 0 Å². The van der Waals surface area contributed by atoms with E-state index in [4.69, 9.17) is 9.15 Å². The minimum Gasteiger partial charge on any atom is -0.467 e. The predicted molar refractivity (Wildman–Crippen MR) is 71.7 cm³/mol. The van der Waals surface area contributed by atoms with Crippen LogP contribution in [0.3, 0.4) is 0 Å². The molecule has 1 aliphatic rings. The molecule has 0 aromatic carbocycles. The molecule has 0 aliphatic carbocycles. The fraction of sp³-hybridized carbons (Fsp3) is 0.643. The number of amides is 1. The van der Waals surface area contributed by atoms with Crippen molar-refractivity contribution in [3.8, 4) is 0 Å². The molecule has 19 heavy (non-hydrogen) atoms. The van der Waals surface area contributed by atoms with Crippen molar-refractivity contribution < 1.29 is 13.9 Å². The molecule has 0 spiro atoms. The highest BCUT2D eigenvalue weighted by Gasteiger charge is 2.27. The van der Waals surface area contributed by atoms with Gasteiger partial charge in [0.15, 0.2) is 0 Å². The number of nitrogens with one attached hydrogen (secondary N) is 2. The Hall–Kier alpha value is -1.33. The molecular weight excluding hydrogens is 244 g/mol. The predicted octanol–water partition coefficient (Wildman–Crippen LogP) is 1.47.